The van der Waals surface area contributed by atoms with Gasteiger partial charge in [-0.15, -0.1) is 0 Å². The van der Waals surface area contributed by atoms with Gasteiger partial charge in [0.2, 0.25) is 0 Å². The molecule has 1 aliphatic rings. The minimum absolute atomic E-state index is 0.0239. The molecule has 0 spiro atoms. The SMILES string of the molecule is CCNCc1ccc(N2CC(CO)OC(C)(C)C2)c(Cl)c1. The Kier molecular flexibility index (Phi) is 5.49. The van der Waals surface area contributed by atoms with E-state index in [-0.39, 0.29) is 18.3 Å². The van der Waals surface area contributed by atoms with Gasteiger partial charge in [0, 0.05) is 19.6 Å². The average molecular weight is 313 g/mol. The van der Waals surface area contributed by atoms with E-state index < -0.39 is 0 Å². The molecule has 1 aromatic rings. The lowest BCUT2D eigenvalue weighted by molar-refractivity contribution is -0.101. The van der Waals surface area contributed by atoms with Crippen LogP contribution in [0.2, 0.25) is 5.02 Å². The van der Waals surface area contributed by atoms with Gasteiger partial charge in [-0.05, 0) is 38.1 Å². The summed E-state index contributed by atoms with van der Waals surface area (Å²) in [6, 6.07) is 6.17. The Labute approximate surface area is 132 Å². The van der Waals surface area contributed by atoms with Crippen molar-refractivity contribution >= 4 is 17.3 Å². The minimum atomic E-state index is -0.294. The van der Waals surface area contributed by atoms with Crippen molar-refractivity contribution in [3.63, 3.8) is 0 Å². The van der Waals surface area contributed by atoms with E-state index in [1.807, 2.05) is 19.9 Å². The van der Waals surface area contributed by atoms with Crippen molar-refractivity contribution in [2.45, 2.75) is 39.0 Å². The number of aliphatic hydroxyl groups excluding tert-OH is 1. The molecule has 1 saturated heterocycles. The molecule has 1 aliphatic heterocycles. The first-order valence-corrected chi connectivity index (χ1v) is 7.85. The summed E-state index contributed by atoms with van der Waals surface area (Å²) in [4.78, 5) is 2.20. The molecule has 4 nitrogen and oxygen atoms in total. The molecule has 0 amide bonds. The number of anilines is 1. The van der Waals surface area contributed by atoms with Gasteiger partial charge >= 0.3 is 0 Å². The first-order chi connectivity index (χ1) is 9.95. The number of morpholine rings is 1. The van der Waals surface area contributed by atoms with Gasteiger partial charge in [-0.3, -0.25) is 0 Å². The quantitative estimate of drug-likeness (QED) is 0.876. The topological polar surface area (TPSA) is 44.7 Å². The first-order valence-electron chi connectivity index (χ1n) is 7.48. The summed E-state index contributed by atoms with van der Waals surface area (Å²) in [5.41, 5.74) is 1.89. The predicted molar refractivity (Wildman–Crippen MR) is 87.1 cm³/mol. The largest absolute Gasteiger partial charge is 0.394 e. The summed E-state index contributed by atoms with van der Waals surface area (Å²) in [6.45, 7) is 9.36. The fourth-order valence-electron chi connectivity index (χ4n) is 2.76. The monoisotopic (exact) mass is 312 g/mol. The Morgan fingerprint density at radius 2 is 2.24 bits per heavy atom. The van der Waals surface area contributed by atoms with Gasteiger partial charge in [-0.2, -0.15) is 0 Å². The second-order valence-electron chi connectivity index (χ2n) is 6.13. The van der Waals surface area contributed by atoms with E-state index in [0.717, 1.165) is 30.3 Å². The highest BCUT2D eigenvalue weighted by molar-refractivity contribution is 6.33. The van der Waals surface area contributed by atoms with Crippen LogP contribution in [0.4, 0.5) is 5.69 Å². The van der Waals surface area contributed by atoms with Crippen molar-refractivity contribution in [2.24, 2.45) is 0 Å². The number of aliphatic hydroxyl groups is 1. The maximum atomic E-state index is 9.41. The Balaban J connectivity index is 2.16. The molecule has 0 saturated carbocycles. The summed E-state index contributed by atoms with van der Waals surface area (Å²) >= 11 is 6.45. The van der Waals surface area contributed by atoms with E-state index in [9.17, 15) is 5.11 Å². The van der Waals surface area contributed by atoms with Crippen molar-refractivity contribution in [3.8, 4) is 0 Å². The molecule has 21 heavy (non-hydrogen) atoms. The highest BCUT2D eigenvalue weighted by Crippen LogP contribution is 2.32. The lowest BCUT2D eigenvalue weighted by Gasteiger charge is -2.43. The molecule has 2 N–H and O–H groups in total. The molecule has 0 bridgehead atoms. The molecule has 0 aromatic heterocycles. The molecule has 0 aliphatic carbocycles. The molecule has 1 heterocycles. The molecule has 118 valence electrons. The summed E-state index contributed by atoms with van der Waals surface area (Å²) in [7, 11) is 0. The van der Waals surface area contributed by atoms with Gasteiger partial charge in [-0.25, -0.2) is 0 Å². The molecule has 1 unspecified atom stereocenters. The second kappa shape index (κ2) is 6.97. The Bertz CT molecular complexity index is 479. The third-order valence-electron chi connectivity index (χ3n) is 3.62. The van der Waals surface area contributed by atoms with Crippen molar-refractivity contribution in [1.82, 2.24) is 5.32 Å². The number of benzene rings is 1. The standard InChI is InChI=1S/C16H25ClN2O2/c1-4-18-8-12-5-6-15(14(17)7-12)19-9-13(10-20)21-16(2,3)11-19/h5-7,13,18,20H,4,8-11H2,1-3H3. The Morgan fingerprint density at radius 3 is 2.86 bits per heavy atom. The number of rotatable bonds is 5. The highest BCUT2D eigenvalue weighted by Gasteiger charge is 2.33. The first kappa shape index (κ1) is 16.6. The fraction of sp³-hybridized carbons (Fsp3) is 0.625. The molecule has 5 heteroatoms. The molecule has 1 fully saturated rings. The predicted octanol–water partition coefficient (Wildman–Crippen LogP) is 2.43. The zero-order chi connectivity index (χ0) is 15.5. The van der Waals surface area contributed by atoms with Crippen molar-refractivity contribution in [2.75, 3.05) is 31.1 Å². The van der Waals surface area contributed by atoms with Gasteiger partial charge in [0.15, 0.2) is 0 Å². The maximum Gasteiger partial charge on any atom is 0.0988 e. The summed E-state index contributed by atoms with van der Waals surface area (Å²) in [5.74, 6) is 0. The van der Waals surface area contributed by atoms with Gasteiger partial charge in [0.1, 0.15) is 0 Å². The van der Waals surface area contributed by atoms with Crippen LogP contribution in [0.25, 0.3) is 0 Å². The van der Waals surface area contributed by atoms with Gasteiger partial charge in [-0.1, -0.05) is 24.6 Å². The van der Waals surface area contributed by atoms with E-state index in [0.29, 0.717) is 6.54 Å². The zero-order valence-corrected chi connectivity index (χ0v) is 13.8. The molecule has 0 radical (unpaired) electrons. The third kappa shape index (κ3) is 4.33. The van der Waals surface area contributed by atoms with Gasteiger partial charge < -0.3 is 20.1 Å². The number of nitrogens with zero attached hydrogens (tertiary/aromatic N) is 1. The van der Waals surface area contributed by atoms with Gasteiger partial charge in [0.25, 0.3) is 0 Å². The summed E-state index contributed by atoms with van der Waals surface area (Å²) < 4.78 is 5.85. The van der Waals surface area contributed by atoms with Crippen LogP contribution in [0, 0.1) is 0 Å². The van der Waals surface area contributed by atoms with Gasteiger partial charge in [0.05, 0.1) is 29.0 Å². The van der Waals surface area contributed by atoms with Crippen molar-refractivity contribution in [3.05, 3.63) is 28.8 Å². The molecular weight excluding hydrogens is 288 g/mol. The van der Waals surface area contributed by atoms with Crippen LogP contribution in [-0.2, 0) is 11.3 Å². The summed E-state index contributed by atoms with van der Waals surface area (Å²) in [5, 5.41) is 13.5. The van der Waals surface area contributed by atoms with Crippen LogP contribution < -0.4 is 10.2 Å². The lowest BCUT2D eigenvalue weighted by atomic mass is 10.0. The second-order valence-corrected chi connectivity index (χ2v) is 6.54. The third-order valence-corrected chi connectivity index (χ3v) is 3.92. The van der Waals surface area contributed by atoms with E-state index >= 15 is 0 Å². The molecule has 2 rings (SSSR count). The van der Waals surface area contributed by atoms with E-state index in [4.69, 9.17) is 16.3 Å². The minimum Gasteiger partial charge on any atom is -0.394 e. The number of nitrogens with one attached hydrogen (secondary N) is 1. The maximum absolute atomic E-state index is 9.41. The van der Waals surface area contributed by atoms with E-state index in [2.05, 4.69) is 29.3 Å². The molecule has 1 aromatic carbocycles. The van der Waals surface area contributed by atoms with Crippen LogP contribution in [0.15, 0.2) is 18.2 Å². The number of halogens is 1. The smallest absolute Gasteiger partial charge is 0.0988 e. The molecule has 1 atom stereocenters. The average Bonchev–Trinajstić information content (AvgIpc) is 2.43. The van der Waals surface area contributed by atoms with E-state index in [1.165, 1.54) is 5.56 Å². The number of hydrogen-bond acceptors (Lipinski definition) is 4. The Hall–Kier alpha value is -0.810. The van der Waals surface area contributed by atoms with E-state index in [1.54, 1.807) is 0 Å². The van der Waals surface area contributed by atoms with Crippen molar-refractivity contribution in [1.29, 1.82) is 0 Å². The summed E-state index contributed by atoms with van der Waals surface area (Å²) in [6.07, 6.45) is -0.175. The van der Waals surface area contributed by atoms with Crippen LogP contribution in [-0.4, -0.2) is 43.1 Å². The normalized spacial score (nSPS) is 21.6. The number of hydrogen-bond donors (Lipinski definition) is 2. The van der Waals surface area contributed by atoms with Crippen LogP contribution >= 0.6 is 11.6 Å². The van der Waals surface area contributed by atoms with Crippen LogP contribution in [0.5, 0.6) is 0 Å². The van der Waals surface area contributed by atoms with Crippen LogP contribution in [0.3, 0.4) is 0 Å². The lowest BCUT2D eigenvalue weighted by Crippen LogP contribution is -2.54. The van der Waals surface area contributed by atoms with Crippen LogP contribution in [0.1, 0.15) is 26.3 Å². The highest BCUT2D eigenvalue weighted by atomic mass is 35.5. The van der Waals surface area contributed by atoms with Crippen molar-refractivity contribution < 1.29 is 9.84 Å². The fourth-order valence-corrected chi connectivity index (χ4v) is 3.08. The Morgan fingerprint density at radius 1 is 1.48 bits per heavy atom. The molecular formula is C16H25ClN2O2. The number of ether oxygens (including phenoxy) is 1. The zero-order valence-electron chi connectivity index (χ0n) is 13.0.